The van der Waals surface area contributed by atoms with Crippen LogP contribution in [0.15, 0.2) is 0 Å². The summed E-state index contributed by atoms with van der Waals surface area (Å²) in [6.07, 6.45) is 3.50. The van der Waals surface area contributed by atoms with Crippen LogP contribution < -0.4 is 5.32 Å². The molecule has 0 bridgehead atoms. The third kappa shape index (κ3) is 3.68. The highest BCUT2D eigenvalue weighted by Gasteiger charge is 2.35. The van der Waals surface area contributed by atoms with Crippen LogP contribution in [0.25, 0.3) is 0 Å². The first-order valence-electron chi connectivity index (χ1n) is 6.53. The van der Waals surface area contributed by atoms with Gasteiger partial charge in [-0.25, -0.2) is 8.42 Å². The van der Waals surface area contributed by atoms with Gasteiger partial charge in [0.25, 0.3) is 0 Å². The first-order chi connectivity index (χ1) is 8.52. The summed E-state index contributed by atoms with van der Waals surface area (Å²) in [4.78, 5) is 11.8. The third-order valence-corrected chi connectivity index (χ3v) is 5.59. The number of nitrogens with one attached hydrogen (secondary N) is 1. The summed E-state index contributed by atoms with van der Waals surface area (Å²) in [5.41, 5.74) is 0. The molecule has 1 aliphatic carbocycles. The zero-order valence-corrected chi connectivity index (χ0v) is 11.5. The number of sulfone groups is 1. The Hall–Kier alpha value is -0.620. The van der Waals surface area contributed by atoms with Gasteiger partial charge in [-0.2, -0.15) is 0 Å². The van der Waals surface area contributed by atoms with E-state index in [2.05, 4.69) is 5.32 Å². The maximum absolute atomic E-state index is 11.8. The van der Waals surface area contributed by atoms with Gasteiger partial charge in [0.1, 0.15) is 9.84 Å². The summed E-state index contributed by atoms with van der Waals surface area (Å²) in [5.74, 6) is 0.120. The highest BCUT2D eigenvalue weighted by atomic mass is 32.2. The minimum Gasteiger partial charge on any atom is -0.469 e. The smallest absolute Gasteiger partial charge is 0.310 e. The number of hydrogen-bond acceptors (Lipinski definition) is 5. The average Bonchev–Trinajstić information content (AvgIpc) is 3.14. The Labute approximate surface area is 108 Å². The highest BCUT2D eigenvalue weighted by molar-refractivity contribution is 7.91. The van der Waals surface area contributed by atoms with Crippen LogP contribution in [-0.4, -0.2) is 45.6 Å². The van der Waals surface area contributed by atoms with Gasteiger partial charge >= 0.3 is 5.97 Å². The molecule has 0 spiro atoms. The Morgan fingerprint density at radius 1 is 1.28 bits per heavy atom. The summed E-state index contributed by atoms with van der Waals surface area (Å²) >= 11 is 0. The second-order valence-electron chi connectivity index (χ2n) is 5.30. The predicted molar refractivity (Wildman–Crippen MR) is 67.9 cm³/mol. The minimum atomic E-state index is -2.87. The van der Waals surface area contributed by atoms with Crippen molar-refractivity contribution in [3.05, 3.63) is 0 Å². The molecule has 6 heteroatoms. The van der Waals surface area contributed by atoms with Crippen molar-refractivity contribution in [2.75, 3.05) is 25.2 Å². The molecule has 0 aromatic heterocycles. The molecule has 18 heavy (non-hydrogen) atoms. The van der Waals surface area contributed by atoms with Crippen LogP contribution in [-0.2, 0) is 19.4 Å². The van der Waals surface area contributed by atoms with E-state index in [1.165, 1.54) is 20.0 Å². The first-order valence-corrected chi connectivity index (χ1v) is 8.35. The van der Waals surface area contributed by atoms with Crippen LogP contribution >= 0.6 is 0 Å². The molecule has 0 radical (unpaired) electrons. The summed E-state index contributed by atoms with van der Waals surface area (Å²) in [6.45, 7) is 0.613. The Kier molecular flexibility index (Phi) is 4.27. The van der Waals surface area contributed by atoms with Gasteiger partial charge in [-0.05, 0) is 31.6 Å². The maximum Gasteiger partial charge on any atom is 0.310 e. The lowest BCUT2D eigenvalue weighted by molar-refractivity contribution is -0.147. The molecule has 0 amide bonds. The molecule has 2 fully saturated rings. The van der Waals surface area contributed by atoms with Crippen LogP contribution in [0, 0.1) is 11.8 Å². The van der Waals surface area contributed by atoms with Crippen molar-refractivity contribution in [1.29, 1.82) is 0 Å². The topological polar surface area (TPSA) is 72.5 Å². The fraction of sp³-hybridized carbons (Fsp3) is 0.917. The van der Waals surface area contributed by atoms with E-state index in [4.69, 9.17) is 4.74 Å². The van der Waals surface area contributed by atoms with Crippen molar-refractivity contribution in [3.63, 3.8) is 0 Å². The van der Waals surface area contributed by atoms with E-state index in [1.54, 1.807) is 0 Å². The highest BCUT2D eigenvalue weighted by Crippen LogP contribution is 2.28. The lowest BCUT2D eigenvalue weighted by Crippen LogP contribution is -2.39. The summed E-state index contributed by atoms with van der Waals surface area (Å²) in [6, 6.07) is 0.546. The largest absolute Gasteiger partial charge is 0.469 e. The zero-order valence-electron chi connectivity index (χ0n) is 10.7. The number of ether oxygens (including phenoxy) is 1. The number of carbonyl (C=O) groups is 1. The molecule has 1 atom stereocenters. The van der Waals surface area contributed by atoms with Crippen molar-refractivity contribution < 1.29 is 17.9 Å². The van der Waals surface area contributed by atoms with Crippen molar-refractivity contribution in [3.8, 4) is 0 Å². The molecule has 1 N–H and O–H groups in total. The molecule has 0 aromatic rings. The van der Waals surface area contributed by atoms with E-state index in [0.717, 1.165) is 0 Å². The quantitative estimate of drug-likeness (QED) is 0.733. The molecular formula is C12H21NO4S. The number of rotatable bonds is 5. The van der Waals surface area contributed by atoms with Gasteiger partial charge in [0.05, 0.1) is 24.5 Å². The third-order valence-electron chi connectivity index (χ3n) is 3.88. The van der Waals surface area contributed by atoms with Gasteiger partial charge in [0.15, 0.2) is 0 Å². The van der Waals surface area contributed by atoms with Crippen molar-refractivity contribution in [1.82, 2.24) is 5.32 Å². The van der Waals surface area contributed by atoms with Crippen LogP contribution in [0.2, 0.25) is 0 Å². The molecule has 5 nitrogen and oxygen atoms in total. The van der Waals surface area contributed by atoms with Crippen LogP contribution in [0.4, 0.5) is 0 Å². The van der Waals surface area contributed by atoms with E-state index in [-0.39, 0.29) is 29.3 Å². The van der Waals surface area contributed by atoms with Crippen LogP contribution in [0.5, 0.6) is 0 Å². The summed E-state index contributed by atoms with van der Waals surface area (Å²) in [5, 5.41) is 3.34. The first kappa shape index (κ1) is 13.8. The lowest BCUT2D eigenvalue weighted by Gasteiger charge is -2.28. The number of esters is 1. The van der Waals surface area contributed by atoms with E-state index < -0.39 is 9.84 Å². The van der Waals surface area contributed by atoms with Crippen LogP contribution in [0.1, 0.15) is 25.7 Å². The van der Waals surface area contributed by atoms with Gasteiger partial charge in [0.2, 0.25) is 0 Å². The van der Waals surface area contributed by atoms with Gasteiger partial charge < -0.3 is 10.1 Å². The van der Waals surface area contributed by atoms with Crippen molar-refractivity contribution in [2.45, 2.75) is 31.7 Å². The molecule has 1 aliphatic heterocycles. The van der Waals surface area contributed by atoms with E-state index in [9.17, 15) is 13.2 Å². The lowest BCUT2D eigenvalue weighted by atomic mass is 9.87. The van der Waals surface area contributed by atoms with E-state index in [0.29, 0.717) is 25.4 Å². The predicted octanol–water partition coefficient (Wildman–Crippen LogP) is 0.352. The van der Waals surface area contributed by atoms with Gasteiger partial charge in [-0.15, -0.1) is 0 Å². The van der Waals surface area contributed by atoms with Gasteiger partial charge in [-0.3, -0.25) is 4.79 Å². The second-order valence-corrected chi connectivity index (χ2v) is 7.61. The minimum absolute atomic E-state index is 0.132. The summed E-state index contributed by atoms with van der Waals surface area (Å²) < 4.78 is 27.6. The molecule has 104 valence electrons. The number of carbonyl (C=O) groups excluding carboxylic acids is 1. The Morgan fingerprint density at radius 3 is 2.39 bits per heavy atom. The SMILES string of the molecule is COC(=O)C(CNC1CC1)C1CCS(=O)(=O)CC1. The summed E-state index contributed by atoms with van der Waals surface area (Å²) in [7, 11) is -1.48. The van der Waals surface area contributed by atoms with Crippen molar-refractivity contribution >= 4 is 15.8 Å². The number of hydrogen-bond donors (Lipinski definition) is 1. The molecule has 1 heterocycles. The van der Waals surface area contributed by atoms with Gasteiger partial charge in [-0.1, -0.05) is 0 Å². The molecule has 1 saturated carbocycles. The fourth-order valence-corrected chi connectivity index (χ4v) is 4.01. The van der Waals surface area contributed by atoms with E-state index >= 15 is 0 Å². The van der Waals surface area contributed by atoms with Gasteiger partial charge in [0, 0.05) is 12.6 Å². The Morgan fingerprint density at radius 2 is 1.89 bits per heavy atom. The fourth-order valence-electron chi connectivity index (χ4n) is 2.49. The molecular weight excluding hydrogens is 254 g/mol. The normalized spacial score (nSPS) is 25.6. The average molecular weight is 275 g/mol. The van der Waals surface area contributed by atoms with Crippen molar-refractivity contribution in [2.24, 2.45) is 11.8 Å². The number of methoxy groups -OCH3 is 1. The molecule has 1 unspecified atom stereocenters. The molecule has 0 aromatic carbocycles. The monoisotopic (exact) mass is 275 g/mol. The zero-order chi connectivity index (χ0) is 13.2. The Balaban J connectivity index is 1.92. The Bertz CT molecular complexity index is 388. The molecule has 2 rings (SSSR count). The second kappa shape index (κ2) is 5.57. The van der Waals surface area contributed by atoms with Crippen LogP contribution in [0.3, 0.4) is 0 Å². The van der Waals surface area contributed by atoms with E-state index in [1.807, 2.05) is 0 Å². The molecule has 1 saturated heterocycles. The standard InChI is InChI=1S/C12H21NO4S/c1-17-12(14)11(8-13-10-2-3-10)9-4-6-18(15,16)7-5-9/h9-11,13H,2-8H2,1H3. The maximum atomic E-state index is 11.8. The molecule has 2 aliphatic rings.